The lowest BCUT2D eigenvalue weighted by Gasteiger charge is -2.12. The van der Waals surface area contributed by atoms with Crippen molar-refractivity contribution >= 4 is 27.3 Å². The van der Waals surface area contributed by atoms with E-state index in [0.717, 1.165) is 12.0 Å². The number of hydrogen-bond donors (Lipinski definition) is 2. The third kappa shape index (κ3) is 4.90. The van der Waals surface area contributed by atoms with Crippen molar-refractivity contribution in [2.24, 2.45) is 0 Å². The van der Waals surface area contributed by atoms with Gasteiger partial charge in [-0.2, -0.15) is 0 Å². The average molecular weight is 367 g/mol. The van der Waals surface area contributed by atoms with E-state index in [0.29, 0.717) is 12.1 Å². The Bertz CT molecular complexity index is 797. The van der Waals surface area contributed by atoms with Gasteiger partial charge >= 0.3 is 0 Å². The SMILES string of the molecule is Cc1ccc(S(=O)(=O)NC(C)C)cc1C(=O)NCCc1cccs1. The molecular formula is C17H22N2O3S2. The van der Waals surface area contributed by atoms with E-state index in [1.54, 1.807) is 38.2 Å². The molecule has 0 fully saturated rings. The van der Waals surface area contributed by atoms with Gasteiger partial charge < -0.3 is 5.32 Å². The number of aryl methyl sites for hydroxylation is 1. The third-order valence-electron chi connectivity index (χ3n) is 3.39. The van der Waals surface area contributed by atoms with Crippen molar-refractivity contribution in [3.05, 3.63) is 51.7 Å². The second kappa shape index (κ2) is 7.92. The summed E-state index contributed by atoms with van der Waals surface area (Å²) >= 11 is 1.65. The molecule has 1 heterocycles. The summed E-state index contributed by atoms with van der Waals surface area (Å²) in [6, 6.07) is 8.39. The van der Waals surface area contributed by atoms with E-state index in [9.17, 15) is 13.2 Å². The molecule has 1 amide bonds. The summed E-state index contributed by atoms with van der Waals surface area (Å²) < 4.78 is 27.0. The monoisotopic (exact) mass is 366 g/mol. The summed E-state index contributed by atoms with van der Waals surface area (Å²) in [5.74, 6) is -0.259. The molecule has 130 valence electrons. The van der Waals surface area contributed by atoms with E-state index in [1.165, 1.54) is 17.0 Å². The molecule has 0 aliphatic carbocycles. The van der Waals surface area contributed by atoms with Gasteiger partial charge in [0, 0.05) is 23.0 Å². The van der Waals surface area contributed by atoms with E-state index in [4.69, 9.17) is 0 Å². The van der Waals surface area contributed by atoms with Crippen molar-refractivity contribution in [3.8, 4) is 0 Å². The Hall–Kier alpha value is -1.70. The smallest absolute Gasteiger partial charge is 0.251 e. The summed E-state index contributed by atoms with van der Waals surface area (Å²) in [5, 5.41) is 4.85. The summed E-state index contributed by atoms with van der Waals surface area (Å²) in [4.78, 5) is 13.7. The highest BCUT2D eigenvalue weighted by Gasteiger charge is 2.18. The van der Waals surface area contributed by atoms with Crippen LogP contribution in [0, 0.1) is 6.92 Å². The molecule has 0 spiro atoms. The molecule has 5 nitrogen and oxygen atoms in total. The summed E-state index contributed by atoms with van der Waals surface area (Å²) in [7, 11) is -3.62. The molecule has 7 heteroatoms. The number of sulfonamides is 1. The molecule has 0 saturated heterocycles. The number of thiophene rings is 1. The second-order valence-corrected chi connectivity index (χ2v) is 8.58. The van der Waals surface area contributed by atoms with Gasteiger partial charge in [0.1, 0.15) is 0 Å². The van der Waals surface area contributed by atoms with E-state index in [-0.39, 0.29) is 16.8 Å². The minimum absolute atomic E-state index is 0.102. The van der Waals surface area contributed by atoms with Gasteiger partial charge in [0.25, 0.3) is 5.91 Å². The quantitative estimate of drug-likeness (QED) is 0.791. The van der Waals surface area contributed by atoms with Gasteiger partial charge in [-0.25, -0.2) is 13.1 Å². The maximum Gasteiger partial charge on any atom is 0.251 e. The summed E-state index contributed by atoms with van der Waals surface area (Å²) in [6.07, 6.45) is 0.759. The second-order valence-electron chi connectivity index (χ2n) is 5.84. The van der Waals surface area contributed by atoms with Gasteiger partial charge in [0.15, 0.2) is 0 Å². The van der Waals surface area contributed by atoms with Gasteiger partial charge in [-0.05, 0) is 56.3 Å². The predicted octanol–water partition coefficient (Wildman–Crippen LogP) is 2.72. The fourth-order valence-corrected chi connectivity index (χ4v) is 4.23. The molecule has 0 unspecified atom stereocenters. The fourth-order valence-electron chi connectivity index (χ4n) is 2.24. The zero-order valence-electron chi connectivity index (χ0n) is 14.0. The van der Waals surface area contributed by atoms with Crippen LogP contribution in [0.2, 0.25) is 0 Å². The zero-order chi connectivity index (χ0) is 17.7. The van der Waals surface area contributed by atoms with Crippen LogP contribution in [-0.4, -0.2) is 26.9 Å². The maximum atomic E-state index is 12.4. The molecule has 2 rings (SSSR count). The molecule has 0 aliphatic rings. The van der Waals surface area contributed by atoms with Crippen LogP contribution < -0.4 is 10.0 Å². The van der Waals surface area contributed by atoms with Gasteiger partial charge in [0.05, 0.1) is 4.90 Å². The van der Waals surface area contributed by atoms with Crippen LogP contribution in [0.5, 0.6) is 0 Å². The Morgan fingerprint density at radius 1 is 1.25 bits per heavy atom. The van der Waals surface area contributed by atoms with Crippen molar-refractivity contribution in [2.75, 3.05) is 6.54 Å². The van der Waals surface area contributed by atoms with E-state index in [2.05, 4.69) is 10.0 Å². The standard InChI is InChI=1S/C17H22N2O3S2/c1-12(2)19-24(21,22)15-7-6-13(3)16(11-15)17(20)18-9-8-14-5-4-10-23-14/h4-7,10-12,19H,8-9H2,1-3H3,(H,18,20). The number of benzene rings is 1. The van der Waals surface area contributed by atoms with Crippen LogP contribution in [0.1, 0.15) is 34.6 Å². The van der Waals surface area contributed by atoms with Crippen LogP contribution in [0.25, 0.3) is 0 Å². The van der Waals surface area contributed by atoms with Crippen LogP contribution in [0.4, 0.5) is 0 Å². The Labute approximate surface area is 147 Å². The Morgan fingerprint density at radius 3 is 2.62 bits per heavy atom. The molecule has 1 aromatic heterocycles. The van der Waals surface area contributed by atoms with Crippen LogP contribution in [0.3, 0.4) is 0 Å². The third-order valence-corrected chi connectivity index (χ3v) is 5.98. The lowest BCUT2D eigenvalue weighted by molar-refractivity contribution is 0.0953. The van der Waals surface area contributed by atoms with Gasteiger partial charge in [0.2, 0.25) is 10.0 Å². The summed E-state index contributed by atoms with van der Waals surface area (Å²) in [6.45, 7) is 5.81. The molecule has 2 aromatic rings. The van der Waals surface area contributed by atoms with Gasteiger partial charge in [-0.1, -0.05) is 12.1 Å². The minimum atomic E-state index is -3.62. The highest BCUT2D eigenvalue weighted by Crippen LogP contribution is 2.16. The molecule has 0 atom stereocenters. The normalized spacial score (nSPS) is 11.7. The molecule has 2 N–H and O–H groups in total. The molecule has 0 saturated carbocycles. The van der Waals surface area contributed by atoms with Crippen molar-refractivity contribution in [1.29, 1.82) is 0 Å². The summed E-state index contributed by atoms with van der Waals surface area (Å²) in [5.41, 5.74) is 1.12. The topological polar surface area (TPSA) is 75.3 Å². The van der Waals surface area contributed by atoms with Gasteiger partial charge in [-0.15, -0.1) is 11.3 Å². The Kier molecular flexibility index (Phi) is 6.15. The lowest BCUT2D eigenvalue weighted by Crippen LogP contribution is -2.31. The van der Waals surface area contributed by atoms with Crippen LogP contribution >= 0.6 is 11.3 Å². The largest absolute Gasteiger partial charge is 0.352 e. The first-order valence-corrected chi connectivity index (χ1v) is 10.1. The number of rotatable bonds is 7. The Balaban J connectivity index is 2.11. The predicted molar refractivity (Wildman–Crippen MR) is 97.0 cm³/mol. The first-order valence-electron chi connectivity index (χ1n) is 7.73. The van der Waals surface area contributed by atoms with E-state index >= 15 is 0 Å². The zero-order valence-corrected chi connectivity index (χ0v) is 15.6. The molecule has 0 aliphatic heterocycles. The van der Waals surface area contributed by atoms with Crippen molar-refractivity contribution < 1.29 is 13.2 Å². The number of carbonyl (C=O) groups excluding carboxylic acids is 1. The highest BCUT2D eigenvalue weighted by atomic mass is 32.2. The number of hydrogen-bond acceptors (Lipinski definition) is 4. The Morgan fingerprint density at radius 2 is 2.00 bits per heavy atom. The lowest BCUT2D eigenvalue weighted by atomic mass is 10.1. The first-order chi connectivity index (χ1) is 11.3. The molecule has 1 aromatic carbocycles. The number of amides is 1. The number of carbonyl (C=O) groups is 1. The van der Waals surface area contributed by atoms with Crippen molar-refractivity contribution in [2.45, 2.75) is 38.1 Å². The van der Waals surface area contributed by atoms with Gasteiger partial charge in [-0.3, -0.25) is 4.79 Å². The molecule has 0 radical (unpaired) electrons. The molecule has 24 heavy (non-hydrogen) atoms. The van der Waals surface area contributed by atoms with Crippen LogP contribution in [0.15, 0.2) is 40.6 Å². The molecule has 0 bridgehead atoms. The van der Waals surface area contributed by atoms with E-state index < -0.39 is 10.0 Å². The minimum Gasteiger partial charge on any atom is -0.352 e. The fraction of sp³-hybridized carbons (Fsp3) is 0.353. The van der Waals surface area contributed by atoms with Crippen molar-refractivity contribution in [1.82, 2.24) is 10.0 Å². The molecular weight excluding hydrogens is 344 g/mol. The van der Waals surface area contributed by atoms with Crippen LogP contribution in [-0.2, 0) is 16.4 Å². The number of nitrogens with one attached hydrogen (secondary N) is 2. The maximum absolute atomic E-state index is 12.4. The highest BCUT2D eigenvalue weighted by molar-refractivity contribution is 7.89. The first kappa shape index (κ1) is 18.6. The van der Waals surface area contributed by atoms with Crippen molar-refractivity contribution in [3.63, 3.8) is 0 Å². The average Bonchev–Trinajstić information content (AvgIpc) is 2.99. The van der Waals surface area contributed by atoms with E-state index in [1.807, 2.05) is 17.5 Å².